The average Bonchev–Trinajstić information content (AvgIpc) is 2.38. The lowest BCUT2D eigenvalue weighted by Crippen LogP contribution is -2.00. The molecule has 0 atom stereocenters. The molecule has 0 aliphatic heterocycles. The average molecular weight is 264 g/mol. The Morgan fingerprint density at radius 2 is 1.89 bits per heavy atom. The highest BCUT2D eigenvalue weighted by Gasteiger charge is 2.12. The van der Waals surface area contributed by atoms with E-state index in [1.165, 1.54) is 19.2 Å². The zero-order valence-corrected chi connectivity index (χ0v) is 10.6. The van der Waals surface area contributed by atoms with Crippen LogP contribution >= 0.6 is 0 Å². The summed E-state index contributed by atoms with van der Waals surface area (Å²) < 4.78 is 32.6. The number of methoxy groups -OCH3 is 1. The molecule has 0 aromatic heterocycles. The van der Waals surface area contributed by atoms with Crippen molar-refractivity contribution in [1.29, 1.82) is 0 Å². The molecule has 0 aliphatic rings. The van der Waals surface area contributed by atoms with Gasteiger partial charge in [0.2, 0.25) is 0 Å². The third kappa shape index (κ3) is 2.76. The zero-order valence-electron chi connectivity index (χ0n) is 10.6. The first-order valence-corrected chi connectivity index (χ1v) is 5.67. The normalized spacial score (nSPS) is 10.3. The van der Waals surface area contributed by atoms with E-state index in [1.54, 1.807) is 25.1 Å². The maximum absolute atomic E-state index is 13.9. The van der Waals surface area contributed by atoms with Crippen LogP contribution in [0.15, 0.2) is 30.3 Å². The van der Waals surface area contributed by atoms with Gasteiger partial charge < -0.3 is 15.8 Å². The summed E-state index contributed by atoms with van der Waals surface area (Å²) in [5.41, 5.74) is 6.75. The van der Waals surface area contributed by atoms with Crippen LogP contribution in [-0.2, 0) is 0 Å². The predicted octanol–water partition coefficient (Wildman–Crippen LogP) is 3.61. The van der Waals surface area contributed by atoms with E-state index < -0.39 is 11.6 Å². The minimum absolute atomic E-state index is 0.201. The highest BCUT2D eigenvalue weighted by atomic mass is 19.1. The van der Waals surface area contributed by atoms with Crippen molar-refractivity contribution in [3.63, 3.8) is 0 Å². The first-order valence-electron chi connectivity index (χ1n) is 5.67. The number of halogens is 2. The number of ether oxygens (including phenoxy) is 1. The molecule has 0 heterocycles. The molecule has 0 spiro atoms. The largest absolute Gasteiger partial charge is 0.497 e. The van der Waals surface area contributed by atoms with Crippen LogP contribution in [0.3, 0.4) is 0 Å². The second-order valence-corrected chi connectivity index (χ2v) is 4.17. The lowest BCUT2D eigenvalue weighted by Gasteiger charge is -2.12. The van der Waals surface area contributed by atoms with Gasteiger partial charge in [-0.15, -0.1) is 0 Å². The predicted molar refractivity (Wildman–Crippen MR) is 71.8 cm³/mol. The number of benzene rings is 2. The second-order valence-electron chi connectivity index (χ2n) is 4.17. The van der Waals surface area contributed by atoms with Gasteiger partial charge in [0.1, 0.15) is 17.3 Å². The van der Waals surface area contributed by atoms with Gasteiger partial charge in [-0.2, -0.15) is 0 Å². The van der Waals surface area contributed by atoms with Crippen LogP contribution in [0.2, 0.25) is 0 Å². The van der Waals surface area contributed by atoms with Gasteiger partial charge in [-0.05, 0) is 24.6 Å². The molecule has 2 rings (SSSR count). The molecule has 3 nitrogen and oxygen atoms in total. The summed E-state index contributed by atoms with van der Waals surface area (Å²) in [6, 6.07) is 7.40. The van der Waals surface area contributed by atoms with Gasteiger partial charge in [0.25, 0.3) is 0 Å². The molecule has 19 heavy (non-hydrogen) atoms. The fourth-order valence-electron chi connectivity index (χ4n) is 1.73. The molecule has 100 valence electrons. The molecule has 2 aromatic rings. The van der Waals surface area contributed by atoms with Crippen LogP contribution in [0.1, 0.15) is 5.56 Å². The first kappa shape index (κ1) is 13.1. The Labute approximate surface area is 110 Å². The minimum Gasteiger partial charge on any atom is -0.497 e. The molecule has 0 radical (unpaired) electrons. The molecule has 0 amide bonds. The summed E-state index contributed by atoms with van der Waals surface area (Å²) in [6.45, 7) is 1.57. The quantitative estimate of drug-likeness (QED) is 0.832. The van der Waals surface area contributed by atoms with E-state index in [2.05, 4.69) is 5.32 Å². The van der Waals surface area contributed by atoms with Crippen LogP contribution in [0.25, 0.3) is 0 Å². The third-order valence-corrected chi connectivity index (χ3v) is 2.72. The van der Waals surface area contributed by atoms with Gasteiger partial charge in [-0.25, -0.2) is 8.78 Å². The Morgan fingerprint density at radius 1 is 1.16 bits per heavy atom. The van der Waals surface area contributed by atoms with E-state index in [4.69, 9.17) is 10.5 Å². The molecule has 3 N–H and O–H groups in total. The van der Waals surface area contributed by atoms with Crippen molar-refractivity contribution >= 4 is 17.1 Å². The van der Waals surface area contributed by atoms with E-state index in [0.717, 1.165) is 0 Å². The highest BCUT2D eigenvalue weighted by Crippen LogP contribution is 2.29. The Balaban J connectivity index is 2.41. The number of hydrogen-bond donors (Lipinski definition) is 2. The molecule has 0 saturated heterocycles. The summed E-state index contributed by atoms with van der Waals surface area (Å²) in [7, 11) is 1.49. The monoisotopic (exact) mass is 264 g/mol. The molecule has 2 aromatic carbocycles. The Bertz CT molecular complexity index is 615. The van der Waals surface area contributed by atoms with Crippen molar-refractivity contribution in [2.24, 2.45) is 0 Å². The standard InChI is InChI=1S/C14H14F2N2O/c1-8-3-4-12(15)14(13(8)16)18-10-5-9(17)6-11(7-10)19-2/h3-7,18H,17H2,1-2H3. The Morgan fingerprint density at radius 3 is 2.58 bits per heavy atom. The Hall–Kier alpha value is -2.30. The molecule has 0 bridgehead atoms. The van der Waals surface area contributed by atoms with E-state index in [9.17, 15) is 8.78 Å². The lowest BCUT2D eigenvalue weighted by atomic mass is 10.2. The fraction of sp³-hybridized carbons (Fsp3) is 0.143. The number of aryl methyl sites for hydroxylation is 1. The fourth-order valence-corrected chi connectivity index (χ4v) is 1.73. The summed E-state index contributed by atoms with van der Waals surface area (Å²) in [4.78, 5) is 0. The summed E-state index contributed by atoms with van der Waals surface area (Å²) in [5, 5.41) is 2.69. The van der Waals surface area contributed by atoms with Crippen LogP contribution in [0.5, 0.6) is 5.75 Å². The van der Waals surface area contributed by atoms with Crippen LogP contribution in [-0.4, -0.2) is 7.11 Å². The number of nitrogen functional groups attached to an aromatic ring is 1. The van der Waals surface area contributed by atoms with Crippen LogP contribution in [0.4, 0.5) is 25.8 Å². The topological polar surface area (TPSA) is 47.3 Å². The van der Waals surface area contributed by atoms with Crippen LogP contribution in [0, 0.1) is 18.6 Å². The maximum Gasteiger partial charge on any atom is 0.152 e. The maximum atomic E-state index is 13.9. The summed E-state index contributed by atoms with van der Waals surface area (Å²) >= 11 is 0. The van der Waals surface area contributed by atoms with Gasteiger partial charge in [0, 0.05) is 23.5 Å². The second kappa shape index (κ2) is 5.14. The van der Waals surface area contributed by atoms with Gasteiger partial charge in [0.05, 0.1) is 7.11 Å². The van der Waals surface area contributed by atoms with Crippen molar-refractivity contribution in [1.82, 2.24) is 0 Å². The van der Waals surface area contributed by atoms with E-state index in [-0.39, 0.29) is 5.69 Å². The molecule has 5 heteroatoms. The van der Waals surface area contributed by atoms with Gasteiger partial charge in [-0.3, -0.25) is 0 Å². The van der Waals surface area contributed by atoms with E-state index >= 15 is 0 Å². The number of rotatable bonds is 3. The van der Waals surface area contributed by atoms with Crippen molar-refractivity contribution in [2.75, 3.05) is 18.2 Å². The van der Waals surface area contributed by atoms with Crippen molar-refractivity contribution < 1.29 is 13.5 Å². The Kier molecular flexibility index (Phi) is 3.55. The zero-order chi connectivity index (χ0) is 14.0. The highest BCUT2D eigenvalue weighted by molar-refractivity contribution is 5.67. The SMILES string of the molecule is COc1cc(N)cc(Nc2c(F)ccc(C)c2F)c1. The molecule has 0 aliphatic carbocycles. The summed E-state index contributed by atoms with van der Waals surface area (Å²) in [5.74, 6) is -0.776. The first-order chi connectivity index (χ1) is 9.01. The van der Waals surface area contributed by atoms with E-state index in [0.29, 0.717) is 22.7 Å². The van der Waals surface area contributed by atoms with Crippen molar-refractivity contribution in [3.05, 3.63) is 47.5 Å². The molecular formula is C14H14F2N2O. The number of nitrogens with one attached hydrogen (secondary N) is 1. The molecule has 0 unspecified atom stereocenters. The van der Waals surface area contributed by atoms with E-state index in [1.807, 2.05) is 0 Å². The minimum atomic E-state index is -0.663. The number of nitrogens with two attached hydrogens (primary N) is 1. The van der Waals surface area contributed by atoms with Gasteiger partial charge in [-0.1, -0.05) is 6.07 Å². The van der Waals surface area contributed by atoms with Crippen molar-refractivity contribution in [3.8, 4) is 5.75 Å². The molecule has 0 fully saturated rings. The number of anilines is 3. The molecular weight excluding hydrogens is 250 g/mol. The molecule has 0 saturated carbocycles. The smallest absolute Gasteiger partial charge is 0.152 e. The lowest BCUT2D eigenvalue weighted by molar-refractivity contribution is 0.415. The number of hydrogen-bond acceptors (Lipinski definition) is 3. The third-order valence-electron chi connectivity index (χ3n) is 2.72. The summed E-state index contributed by atoms with van der Waals surface area (Å²) in [6.07, 6.45) is 0. The van der Waals surface area contributed by atoms with Crippen molar-refractivity contribution in [2.45, 2.75) is 6.92 Å². The van der Waals surface area contributed by atoms with Crippen LogP contribution < -0.4 is 15.8 Å². The van der Waals surface area contributed by atoms with Gasteiger partial charge in [0.15, 0.2) is 5.82 Å². The van der Waals surface area contributed by atoms with Gasteiger partial charge >= 0.3 is 0 Å².